The molecule has 0 spiro atoms. The molecule has 46 heavy (non-hydrogen) atoms. The molecular weight excluding hydrogens is 605 g/mol. The maximum Gasteiger partial charge on any atom is 0.196 e. The molecule has 2 fully saturated rings. The number of fused-ring (bicyclic) bond motifs is 2. The SMILES string of the molecule is NC1CCCCC(c2ccc(Sc3cccc4c3C(=O)c3c(Sc5ccc(C6CCCCC(N)C6)cc5)cccc3C4=O)cc2)C1. The summed E-state index contributed by atoms with van der Waals surface area (Å²) in [7, 11) is 0. The summed E-state index contributed by atoms with van der Waals surface area (Å²) in [6, 6.07) is 29.3. The van der Waals surface area contributed by atoms with Crippen LogP contribution >= 0.6 is 23.5 Å². The molecule has 3 aliphatic rings. The van der Waals surface area contributed by atoms with E-state index in [0.717, 1.165) is 45.3 Å². The molecule has 4 atom stereocenters. The van der Waals surface area contributed by atoms with Gasteiger partial charge in [-0.3, -0.25) is 9.59 Å². The minimum absolute atomic E-state index is 0.0797. The Kier molecular flexibility index (Phi) is 9.50. The summed E-state index contributed by atoms with van der Waals surface area (Å²) < 4.78 is 0. The summed E-state index contributed by atoms with van der Waals surface area (Å²) in [6.07, 6.45) is 11.5. The molecule has 0 saturated heterocycles. The molecule has 0 aromatic heterocycles. The van der Waals surface area contributed by atoms with E-state index in [1.807, 2.05) is 24.3 Å². The fraction of sp³-hybridized carbons (Fsp3) is 0.350. The molecule has 6 heteroatoms. The summed E-state index contributed by atoms with van der Waals surface area (Å²) in [5.41, 5.74) is 17.4. The average molecular weight is 647 g/mol. The van der Waals surface area contributed by atoms with Crippen molar-refractivity contribution in [2.75, 3.05) is 0 Å². The van der Waals surface area contributed by atoms with E-state index in [1.54, 1.807) is 35.7 Å². The van der Waals surface area contributed by atoms with Crippen molar-refractivity contribution in [3.63, 3.8) is 0 Å². The molecule has 2 saturated carbocycles. The molecule has 0 bridgehead atoms. The third-order valence-electron chi connectivity index (χ3n) is 10.1. The third kappa shape index (κ3) is 6.64. The lowest BCUT2D eigenvalue weighted by Gasteiger charge is -2.22. The smallest absolute Gasteiger partial charge is 0.196 e. The molecule has 0 aliphatic heterocycles. The predicted molar refractivity (Wildman–Crippen MR) is 188 cm³/mol. The van der Waals surface area contributed by atoms with E-state index in [0.29, 0.717) is 34.1 Å². The van der Waals surface area contributed by atoms with Crippen LogP contribution in [0.15, 0.2) is 105 Å². The molecule has 4 aromatic rings. The highest BCUT2D eigenvalue weighted by Gasteiger charge is 2.34. The highest BCUT2D eigenvalue weighted by Crippen LogP contribution is 2.42. The number of nitrogens with two attached hydrogens (primary N) is 2. The molecule has 4 N–H and O–H groups in total. The summed E-state index contributed by atoms with van der Waals surface area (Å²) in [5, 5.41) is 0. The number of carbonyl (C=O) groups is 2. The van der Waals surface area contributed by atoms with Crippen LogP contribution in [0.3, 0.4) is 0 Å². The molecule has 7 rings (SSSR count). The van der Waals surface area contributed by atoms with Gasteiger partial charge in [-0.25, -0.2) is 0 Å². The number of rotatable bonds is 6. The normalized spacial score (nSPS) is 23.3. The molecule has 0 heterocycles. The lowest BCUT2D eigenvalue weighted by atomic mass is 9.84. The Morgan fingerprint density at radius 3 is 1.35 bits per heavy atom. The van der Waals surface area contributed by atoms with Gasteiger partial charge >= 0.3 is 0 Å². The molecule has 4 nitrogen and oxygen atoms in total. The molecule has 0 radical (unpaired) electrons. The standard InChI is InChI=1S/C40H42N2O2S2/c41-29-9-3-1-7-27(23-29)25-15-19-31(20-16-25)45-35-13-5-11-33-37(35)40(44)38-34(39(33)43)12-6-14-36(38)46-32-21-17-26(18-22-32)28-8-2-4-10-30(42)24-28/h5-6,11-22,27-30H,1-4,7-10,23-24,41-42H2. The van der Waals surface area contributed by atoms with Crippen molar-refractivity contribution >= 4 is 35.1 Å². The topological polar surface area (TPSA) is 86.2 Å². The zero-order chi connectivity index (χ0) is 31.6. The molecular formula is C40H42N2O2S2. The van der Waals surface area contributed by atoms with Crippen LogP contribution in [0.25, 0.3) is 0 Å². The van der Waals surface area contributed by atoms with E-state index in [-0.39, 0.29) is 23.7 Å². The number of benzene rings is 4. The van der Waals surface area contributed by atoms with Gasteiger partial charge in [-0.2, -0.15) is 0 Å². The van der Waals surface area contributed by atoms with Crippen LogP contribution in [-0.2, 0) is 0 Å². The van der Waals surface area contributed by atoms with Gasteiger partial charge in [0, 0.05) is 53.9 Å². The summed E-state index contributed by atoms with van der Waals surface area (Å²) >= 11 is 3.11. The van der Waals surface area contributed by atoms with E-state index in [2.05, 4.69) is 48.5 Å². The zero-order valence-corrected chi connectivity index (χ0v) is 27.9. The number of hydrogen-bond acceptors (Lipinski definition) is 6. The van der Waals surface area contributed by atoms with Gasteiger partial charge in [0.05, 0.1) is 0 Å². The molecule has 0 amide bonds. The van der Waals surface area contributed by atoms with Gasteiger partial charge in [-0.15, -0.1) is 0 Å². The van der Waals surface area contributed by atoms with Crippen LogP contribution in [0, 0.1) is 0 Å². The Labute approximate surface area is 281 Å². The van der Waals surface area contributed by atoms with Crippen LogP contribution in [0.2, 0.25) is 0 Å². The van der Waals surface area contributed by atoms with Crippen molar-refractivity contribution in [2.24, 2.45) is 11.5 Å². The Balaban J connectivity index is 1.13. The number of ketones is 2. The number of hydrogen-bond donors (Lipinski definition) is 2. The maximum atomic E-state index is 14.3. The fourth-order valence-corrected chi connectivity index (χ4v) is 9.58. The maximum absolute atomic E-state index is 14.3. The van der Waals surface area contributed by atoms with Crippen LogP contribution < -0.4 is 11.5 Å². The molecule has 3 aliphatic carbocycles. The monoisotopic (exact) mass is 646 g/mol. The quantitative estimate of drug-likeness (QED) is 0.179. The van der Waals surface area contributed by atoms with Gasteiger partial charge in [0.25, 0.3) is 0 Å². The first kappa shape index (κ1) is 31.4. The second-order valence-corrected chi connectivity index (χ2v) is 15.5. The van der Waals surface area contributed by atoms with Crippen molar-refractivity contribution in [1.82, 2.24) is 0 Å². The Morgan fingerprint density at radius 2 is 0.913 bits per heavy atom. The lowest BCUT2D eigenvalue weighted by molar-refractivity contribution is 0.0974. The van der Waals surface area contributed by atoms with E-state index < -0.39 is 0 Å². The average Bonchev–Trinajstić information content (AvgIpc) is 3.43. The minimum Gasteiger partial charge on any atom is -0.328 e. The van der Waals surface area contributed by atoms with E-state index in [4.69, 9.17) is 11.5 Å². The second kappa shape index (κ2) is 13.9. The van der Waals surface area contributed by atoms with Crippen LogP contribution in [0.5, 0.6) is 0 Å². The van der Waals surface area contributed by atoms with E-state index in [1.165, 1.54) is 49.7 Å². The van der Waals surface area contributed by atoms with Gasteiger partial charge in [0.1, 0.15) is 0 Å². The van der Waals surface area contributed by atoms with Gasteiger partial charge < -0.3 is 11.5 Å². The first-order chi connectivity index (χ1) is 22.4. The Hall–Kier alpha value is -3.16. The highest BCUT2D eigenvalue weighted by molar-refractivity contribution is 7.99. The van der Waals surface area contributed by atoms with Crippen LogP contribution in [0.1, 0.15) is 119 Å². The highest BCUT2D eigenvalue weighted by atomic mass is 32.2. The Morgan fingerprint density at radius 1 is 0.500 bits per heavy atom. The van der Waals surface area contributed by atoms with Gasteiger partial charge in [0.2, 0.25) is 0 Å². The molecule has 4 unspecified atom stereocenters. The fourth-order valence-electron chi connectivity index (χ4n) is 7.62. The summed E-state index contributed by atoms with van der Waals surface area (Å²) in [5.74, 6) is 0.830. The van der Waals surface area contributed by atoms with Crippen LogP contribution in [-0.4, -0.2) is 23.7 Å². The lowest BCUT2D eigenvalue weighted by Crippen LogP contribution is -2.22. The Bertz CT molecular complexity index is 1610. The minimum atomic E-state index is -0.0883. The van der Waals surface area contributed by atoms with Gasteiger partial charge in [-0.1, -0.05) is 97.7 Å². The van der Waals surface area contributed by atoms with Gasteiger partial charge in [0.15, 0.2) is 11.6 Å². The van der Waals surface area contributed by atoms with Crippen molar-refractivity contribution in [1.29, 1.82) is 0 Å². The largest absolute Gasteiger partial charge is 0.328 e. The van der Waals surface area contributed by atoms with E-state index >= 15 is 0 Å². The third-order valence-corrected chi connectivity index (χ3v) is 12.2. The van der Waals surface area contributed by atoms with Crippen molar-refractivity contribution in [2.45, 2.75) is 108 Å². The van der Waals surface area contributed by atoms with Crippen molar-refractivity contribution in [3.05, 3.63) is 118 Å². The summed E-state index contributed by atoms with van der Waals surface area (Å²) in [4.78, 5) is 31.9. The van der Waals surface area contributed by atoms with Crippen molar-refractivity contribution < 1.29 is 9.59 Å². The van der Waals surface area contributed by atoms with Crippen molar-refractivity contribution in [3.8, 4) is 0 Å². The summed E-state index contributed by atoms with van der Waals surface area (Å²) in [6.45, 7) is 0. The van der Waals surface area contributed by atoms with Gasteiger partial charge in [-0.05, 0) is 97.9 Å². The molecule has 4 aromatic carbocycles. The first-order valence-corrected chi connectivity index (χ1v) is 18.5. The predicted octanol–water partition coefficient (Wildman–Crippen LogP) is 9.51. The number of carbonyl (C=O) groups excluding carboxylic acids is 2. The molecule has 236 valence electrons. The van der Waals surface area contributed by atoms with E-state index in [9.17, 15) is 9.59 Å². The first-order valence-electron chi connectivity index (χ1n) is 16.9. The zero-order valence-electron chi connectivity index (χ0n) is 26.3. The van der Waals surface area contributed by atoms with Crippen LogP contribution in [0.4, 0.5) is 0 Å². The second-order valence-electron chi connectivity index (χ2n) is 13.3.